The molecule has 2 aromatic carbocycles. The Morgan fingerprint density at radius 3 is 2.90 bits per heavy atom. The van der Waals surface area contributed by atoms with Crippen LogP contribution in [-0.4, -0.2) is 25.4 Å². The lowest BCUT2D eigenvalue weighted by molar-refractivity contribution is 0.226. The minimum Gasteiger partial charge on any atom is -0.497 e. The standard InChI is InChI=1S/C17H20N2O2/c1-21-16-4-2-3-15(9-16)19-10-12(11-20)7-13-5-6-14(18)8-17(13)19/h2-6,8-9,12,20H,7,10-11,18H2,1H3. The van der Waals surface area contributed by atoms with Gasteiger partial charge < -0.3 is 20.5 Å². The molecule has 1 heterocycles. The SMILES string of the molecule is COc1cccc(N2CC(CO)Cc3ccc(N)cc32)c1. The van der Waals surface area contributed by atoms with Crippen molar-refractivity contribution < 1.29 is 9.84 Å². The molecule has 1 unspecified atom stereocenters. The van der Waals surface area contributed by atoms with Crippen LogP contribution in [0.3, 0.4) is 0 Å². The van der Waals surface area contributed by atoms with Crippen LogP contribution in [0.4, 0.5) is 17.1 Å². The molecule has 2 aromatic rings. The zero-order chi connectivity index (χ0) is 14.8. The molecule has 3 N–H and O–H groups in total. The number of hydrogen-bond acceptors (Lipinski definition) is 4. The van der Waals surface area contributed by atoms with Gasteiger partial charge in [0.2, 0.25) is 0 Å². The molecule has 1 atom stereocenters. The lowest BCUT2D eigenvalue weighted by atomic mass is 9.92. The first-order chi connectivity index (χ1) is 10.2. The number of fused-ring (bicyclic) bond motifs is 1. The fourth-order valence-electron chi connectivity index (χ4n) is 2.88. The third-order valence-corrected chi connectivity index (χ3v) is 3.97. The summed E-state index contributed by atoms with van der Waals surface area (Å²) in [7, 11) is 1.66. The number of anilines is 3. The summed E-state index contributed by atoms with van der Waals surface area (Å²) in [5, 5.41) is 9.56. The fraction of sp³-hybridized carbons (Fsp3) is 0.294. The number of aliphatic hydroxyl groups is 1. The number of rotatable bonds is 3. The molecular weight excluding hydrogens is 264 g/mol. The van der Waals surface area contributed by atoms with Crippen LogP contribution < -0.4 is 15.4 Å². The molecule has 1 aliphatic heterocycles. The van der Waals surface area contributed by atoms with Crippen LogP contribution in [0.25, 0.3) is 0 Å². The maximum Gasteiger partial charge on any atom is 0.120 e. The molecule has 0 saturated carbocycles. The number of nitrogens with two attached hydrogens (primary N) is 1. The zero-order valence-corrected chi connectivity index (χ0v) is 12.1. The van der Waals surface area contributed by atoms with Crippen LogP contribution in [0.1, 0.15) is 5.56 Å². The summed E-state index contributed by atoms with van der Waals surface area (Å²) in [6.07, 6.45) is 0.882. The molecule has 0 amide bonds. The quantitative estimate of drug-likeness (QED) is 0.851. The predicted octanol–water partition coefficient (Wildman–Crippen LogP) is 2.58. The van der Waals surface area contributed by atoms with Crippen LogP contribution in [0.15, 0.2) is 42.5 Å². The average Bonchev–Trinajstić information content (AvgIpc) is 2.54. The number of methoxy groups -OCH3 is 1. The monoisotopic (exact) mass is 284 g/mol. The van der Waals surface area contributed by atoms with Gasteiger partial charge in [-0.1, -0.05) is 12.1 Å². The van der Waals surface area contributed by atoms with Crippen molar-refractivity contribution in [3.63, 3.8) is 0 Å². The number of aliphatic hydroxyl groups excluding tert-OH is 1. The summed E-state index contributed by atoms with van der Waals surface area (Å²) >= 11 is 0. The molecule has 0 aromatic heterocycles. The van der Waals surface area contributed by atoms with E-state index in [0.717, 1.165) is 35.8 Å². The van der Waals surface area contributed by atoms with E-state index in [0.29, 0.717) is 0 Å². The van der Waals surface area contributed by atoms with E-state index < -0.39 is 0 Å². The highest BCUT2D eigenvalue weighted by Crippen LogP contribution is 2.37. The third kappa shape index (κ3) is 2.67. The van der Waals surface area contributed by atoms with Gasteiger partial charge in [-0.3, -0.25) is 0 Å². The molecule has 3 rings (SSSR count). The highest BCUT2D eigenvalue weighted by Gasteiger charge is 2.25. The zero-order valence-electron chi connectivity index (χ0n) is 12.1. The highest BCUT2D eigenvalue weighted by molar-refractivity contribution is 5.72. The van der Waals surface area contributed by atoms with Crippen molar-refractivity contribution in [3.05, 3.63) is 48.0 Å². The Morgan fingerprint density at radius 2 is 2.14 bits per heavy atom. The Morgan fingerprint density at radius 1 is 1.29 bits per heavy atom. The third-order valence-electron chi connectivity index (χ3n) is 3.97. The molecule has 4 heteroatoms. The minimum atomic E-state index is 0.185. The van der Waals surface area contributed by atoms with E-state index in [9.17, 15) is 5.11 Å². The molecule has 0 fully saturated rings. The topological polar surface area (TPSA) is 58.7 Å². The Bertz CT molecular complexity index is 642. The summed E-state index contributed by atoms with van der Waals surface area (Å²) in [5.74, 6) is 1.05. The van der Waals surface area contributed by atoms with Gasteiger partial charge in [-0.25, -0.2) is 0 Å². The molecule has 0 radical (unpaired) electrons. The van der Waals surface area contributed by atoms with E-state index in [4.69, 9.17) is 10.5 Å². The average molecular weight is 284 g/mol. The van der Waals surface area contributed by atoms with Crippen molar-refractivity contribution in [2.75, 3.05) is 30.9 Å². The van der Waals surface area contributed by atoms with Crippen LogP contribution in [0, 0.1) is 5.92 Å². The lowest BCUT2D eigenvalue weighted by Gasteiger charge is -2.36. The van der Waals surface area contributed by atoms with E-state index in [2.05, 4.69) is 17.0 Å². The van der Waals surface area contributed by atoms with E-state index in [1.165, 1.54) is 5.56 Å². The molecule has 110 valence electrons. The van der Waals surface area contributed by atoms with Gasteiger partial charge in [0.15, 0.2) is 0 Å². The second kappa shape index (κ2) is 5.66. The van der Waals surface area contributed by atoms with Crippen molar-refractivity contribution in [2.45, 2.75) is 6.42 Å². The largest absolute Gasteiger partial charge is 0.497 e. The summed E-state index contributed by atoms with van der Waals surface area (Å²) < 4.78 is 5.31. The van der Waals surface area contributed by atoms with Gasteiger partial charge in [0, 0.05) is 42.2 Å². The Hall–Kier alpha value is -2.20. The first kappa shape index (κ1) is 13.8. The van der Waals surface area contributed by atoms with E-state index in [1.54, 1.807) is 7.11 Å². The van der Waals surface area contributed by atoms with Crippen LogP contribution in [0.2, 0.25) is 0 Å². The van der Waals surface area contributed by atoms with Gasteiger partial charge >= 0.3 is 0 Å². The smallest absolute Gasteiger partial charge is 0.120 e. The van der Waals surface area contributed by atoms with E-state index in [-0.39, 0.29) is 12.5 Å². The maximum absolute atomic E-state index is 9.56. The van der Waals surface area contributed by atoms with Gasteiger partial charge in [-0.2, -0.15) is 0 Å². The van der Waals surface area contributed by atoms with Gasteiger partial charge in [0.25, 0.3) is 0 Å². The molecule has 0 aliphatic carbocycles. The van der Waals surface area contributed by atoms with Crippen molar-refractivity contribution in [3.8, 4) is 5.75 Å². The summed E-state index contributed by atoms with van der Waals surface area (Å²) in [6, 6.07) is 13.9. The number of ether oxygens (including phenoxy) is 1. The maximum atomic E-state index is 9.56. The van der Waals surface area contributed by atoms with Crippen molar-refractivity contribution >= 4 is 17.1 Å². The molecule has 21 heavy (non-hydrogen) atoms. The molecule has 0 spiro atoms. The first-order valence-corrected chi connectivity index (χ1v) is 7.12. The van der Waals surface area contributed by atoms with E-state index in [1.807, 2.05) is 30.3 Å². The Balaban J connectivity index is 2.06. The van der Waals surface area contributed by atoms with Gasteiger partial charge in [0.05, 0.1) is 7.11 Å². The van der Waals surface area contributed by atoms with Crippen molar-refractivity contribution in [1.29, 1.82) is 0 Å². The van der Waals surface area contributed by atoms with Gasteiger partial charge in [-0.05, 0) is 36.2 Å². The molecule has 0 bridgehead atoms. The van der Waals surface area contributed by atoms with Gasteiger partial charge in [0.1, 0.15) is 5.75 Å². The number of nitrogen functional groups attached to an aromatic ring is 1. The number of benzene rings is 2. The second-order valence-corrected chi connectivity index (χ2v) is 5.45. The fourth-order valence-corrected chi connectivity index (χ4v) is 2.88. The minimum absolute atomic E-state index is 0.185. The van der Waals surface area contributed by atoms with Crippen molar-refractivity contribution in [1.82, 2.24) is 0 Å². The highest BCUT2D eigenvalue weighted by atomic mass is 16.5. The summed E-state index contributed by atoms with van der Waals surface area (Å²) in [6.45, 7) is 0.963. The lowest BCUT2D eigenvalue weighted by Crippen LogP contribution is -2.33. The van der Waals surface area contributed by atoms with Crippen LogP contribution in [0.5, 0.6) is 5.75 Å². The van der Waals surface area contributed by atoms with Crippen molar-refractivity contribution in [2.24, 2.45) is 5.92 Å². The Kier molecular flexibility index (Phi) is 3.71. The molecule has 0 saturated heterocycles. The van der Waals surface area contributed by atoms with Crippen LogP contribution in [-0.2, 0) is 6.42 Å². The summed E-state index contributed by atoms with van der Waals surface area (Å²) in [5.41, 5.74) is 10.1. The summed E-state index contributed by atoms with van der Waals surface area (Å²) in [4.78, 5) is 2.21. The van der Waals surface area contributed by atoms with Crippen LogP contribution >= 0.6 is 0 Å². The molecular formula is C17H20N2O2. The first-order valence-electron chi connectivity index (χ1n) is 7.12. The number of hydrogen-bond donors (Lipinski definition) is 2. The molecule has 4 nitrogen and oxygen atoms in total. The van der Waals surface area contributed by atoms with Gasteiger partial charge in [-0.15, -0.1) is 0 Å². The normalized spacial score (nSPS) is 17.4. The number of nitrogens with zero attached hydrogens (tertiary/aromatic N) is 1. The Labute approximate surface area is 124 Å². The van der Waals surface area contributed by atoms with E-state index >= 15 is 0 Å². The predicted molar refractivity (Wildman–Crippen MR) is 85.1 cm³/mol. The molecule has 1 aliphatic rings. The second-order valence-electron chi connectivity index (χ2n) is 5.45.